The minimum atomic E-state index is 0.110. The van der Waals surface area contributed by atoms with Gasteiger partial charge in [0, 0.05) is 5.92 Å². The van der Waals surface area contributed by atoms with Gasteiger partial charge in [-0.1, -0.05) is 23.8 Å². The van der Waals surface area contributed by atoms with Gasteiger partial charge < -0.3 is 5.32 Å². The van der Waals surface area contributed by atoms with Crippen molar-refractivity contribution < 1.29 is 4.79 Å². The van der Waals surface area contributed by atoms with Crippen molar-refractivity contribution in [3.63, 3.8) is 0 Å². The number of hydrogen-bond acceptors (Lipinski definition) is 2. The number of fused-ring (bicyclic) bond motifs is 2. The number of carbonyl (C=O) groups is 1. The first-order valence-corrected chi connectivity index (χ1v) is 6.62. The van der Waals surface area contributed by atoms with Crippen LogP contribution in [0.5, 0.6) is 0 Å². The molecule has 1 fully saturated rings. The van der Waals surface area contributed by atoms with E-state index in [9.17, 15) is 4.79 Å². The summed E-state index contributed by atoms with van der Waals surface area (Å²) in [6, 6.07) is 1.76. The number of hydrogen-bond donors (Lipinski definition) is 1. The van der Waals surface area contributed by atoms with Crippen LogP contribution >= 0.6 is 11.6 Å². The van der Waals surface area contributed by atoms with Gasteiger partial charge in [-0.15, -0.1) is 0 Å². The fraction of sp³-hybridized carbons (Fsp3) is 0.429. The Morgan fingerprint density at radius 2 is 2.28 bits per heavy atom. The van der Waals surface area contributed by atoms with E-state index in [2.05, 4.69) is 22.5 Å². The number of aryl methyl sites for hydroxylation is 1. The Hall–Kier alpha value is -1.35. The normalized spacial score (nSPS) is 28.7. The number of pyridine rings is 1. The summed E-state index contributed by atoms with van der Waals surface area (Å²) in [5, 5.41) is 3.42. The first-order valence-electron chi connectivity index (χ1n) is 6.25. The number of nitrogens with one attached hydrogen (secondary N) is 1. The second-order valence-corrected chi connectivity index (χ2v) is 5.59. The zero-order chi connectivity index (χ0) is 12.7. The van der Waals surface area contributed by atoms with Gasteiger partial charge in [-0.25, -0.2) is 4.98 Å². The number of carbonyl (C=O) groups excluding carboxylic acids is 1. The molecule has 18 heavy (non-hydrogen) atoms. The van der Waals surface area contributed by atoms with Crippen molar-refractivity contribution in [1.82, 2.24) is 4.98 Å². The third-order valence-corrected chi connectivity index (χ3v) is 4.16. The molecule has 0 saturated heterocycles. The first kappa shape index (κ1) is 11.7. The highest BCUT2D eigenvalue weighted by atomic mass is 35.5. The van der Waals surface area contributed by atoms with Crippen molar-refractivity contribution in [2.45, 2.75) is 19.8 Å². The highest BCUT2D eigenvalue weighted by Crippen LogP contribution is 2.43. The molecule has 3 atom stereocenters. The monoisotopic (exact) mass is 262 g/mol. The lowest BCUT2D eigenvalue weighted by Gasteiger charge is -2.18. The van der Waals surface area contributed by atoms with Crippen molar-refractivity contribution in [1.29, 1.82) is 0 Å². The Morgan fingerprint density at radius 3 is 2.89 bits per heavy atom. The Labute approximate surface area is 111 Å². The van der Waals surface area contributed by atoms with Gasteiger partial charge in [-0.2, -0.15) is 0 Å². The van der Waals surface area contributed by atoms with E-state index < -0.39 is 0 Å². The van der Waals surface area contributed by atoms with E-state index in [1.165, 1.54) is 0 Å². The third kappa shape index (κ3) is 2.03. The van der Waals surface area contributed by atoms with Crippen LogP contribution < -0.4 is 5.32 Å². The summed E-state index contributed by atoms with van der Waals surface area (Å²) in [6.45, 7) is 1.92. The van der Waals surface area contributed by atoms with Crippen LogP contribution in [-0.2, 0) is 4.79 Å². The zero-order valence-electron chi connectivity index (χ0n) is 10.2. The predicted octanol–water partition coefficient (Wildman–Crippen LogP) is 3.19. The van der Waals surface area contributed by atoms with Crippen molar-refractivity contribution >= 4 is 23.2 Å². The molecule has 0 aromatic carbocycles. The summed E-state index contributed by atoms with van der Waals surface area (Å²) in [7, 11) is 0. The summed E-state index contributed by atoms with van der Waals surface area (Å²) in [6.07, 6.45) is 8.16. The van der Waals surface area contributed by atoms with E-state index in [1.807, 2.05) is 6.92 Å². The number of rotatable bonds is 2. The molecular formula is C14H15ClN2O. The minimum absolute atomic E-state index is 0.110. The zero-order valence-corrected chi connectivity index (χ0v) is 10.9. The molecule has 2 aliphatic rings. The second kappa shape index (κ2) is 4.39. The summed E-state index contributed by atoms with van der Waals surface area (Å²) >= 11 is 5.80. The number of amides is 1. The average molecular weight is 263 g/mol. The van der Waals surface area contributed by atoms with E-state index >= 15 is 0 Å². The van der Waals surface area contributed by atoms with Crippen LogP contribution in [0.1, 0.15) is 18.4 Å². The highest BCUT2D eigenvalue weighted by molar-refractivity contribution is 6.29. The van der Waals surface area contributed by atoms with Crippen molar-refractivity contribution in [2.75, 3.05) is 5.32 Å². The van der Waals surface area contributed by atoms with Crippen LogP contribution in [0, 0.1) is 24.7 Å². The maximum atomic E-state index is 12.2. The van der Waals surface area contributed by atoms with Gasteiger partial charge >= 0.3 is 0 Å². The van der Waals surface area contributed by atoms with Crippen LogP contribution in [0.15, 0.2) is 24.4 Å². The molecule has 1 aromatic rings. The van der Waals surface area contributed by atoms with Crippen LogP contribution in [0.3, 0.4) is 0 Å². The molecule has 1 N–H and O–H groups in total. The molecule has 2 bridgehead atoms. The van der Waals surface area contributed by atoms with Crippen molar-refractivity contribution in [2.24, 2.45) is 17.8 Å². The lowest BCUT2D eigenvalue weighted by molar-refractivity contribution is -0.120. The van der Waals surface area contributed by atoms with E-state index in [0.29, 0.717) is 17.0 Å². The quantitative estimate of drug-likeness (QED) is 0.657. The molecule has 94 valence electrons. The molecule has 1 heterocycles. The maximum Gasteiger partial charge on any atom is 0.228 e. The molecule has 1 aromatic heterocycles. The van der Waals surface area contributed by atoms with Crippen LogP contribution in [0.4, 0.5) is 5.69 Å². The molecule has 3 rings (SSSR count). The number of allylic oxidation sites excluding steroid dienone is 2. The summed E-state index contributed by atoms with van der Waals surface area (Å²) < 4.78 is 0. The van der Waals surface area contributed by atoms with E-state index in [1.54, 1.807) is 12.3 Å². The SMILES string of the molecule is Cc1cc(Cl)ncc1NC(=O)C1CC2C=CC1C2. The van der Waals surface area contributed by atoms with Gasteiger partial charge in [0.15, 0.2) is 0 Å². The molecule has 1 saturated carbocycles. The van der Waals surface area contributed by atoms with E-state index in [-0.39, 0.29) is 11.8 Å². The average Bonchev–Trinajstić information content (AvgIpc) is 2.94. The number of anilines is 1. The van der Waals surface area contributed by atoms with Crippen LogP contribution in [-0.4, -0.2) is 10.9 Å². The van der Waals surface area contributed by atoms with Gasteiger partial charge in [0.25, 0.3) is 0 Å². The lowest BCUT2D eigenvalue weighted by Crippen LogP contribution is -2.26. The Bertz CT molecular complexity index is 527. The van der Waals surface area contributed by atoms with Gasteiger partial charge in [0.1, 0.15) is 5.15 Å². The summed E-state index contributed by atoms with van der Waals surface area (Å²) in [5.74, 6) is 1.26. The maximum absolute atomic E-state index is 12.2. The molecule has 2 aliphatic carbocycles. The highest BCUT2D eigenvalue weighted by Gasteiger charge is 2.39. The molecule has 0 radical (unpaired) electrons. The molecule has 0 aliphatic heterocycles. The largest absolute Gasteiger partial charge is 0.324 e. The van der Waals surface area contributed by atoms with Crippen molar-refractivity contribution in [3.8, 4) is 0 Å². The first-order chi connectivity index (χ1) is 8.63. The fourth-order valence-electron chi connectivity index (χ4n) is 2.96. The van der Waals surface area contributed by atoms with Gasteiger partial charge in [-0.3, -0.25) is 4.79 Å². The molecule has 0 spiro atoms. The van der Waals surface area contributed by atoms with E-state index in [0.717, 1.165) is 24.1 Å². The topological polar surface area (TPSA) is 42.0 Å². The Balaban J connectivity index is 1.73. The standard InChI is InChI=1S/C14H15ClN2O/c1-8-4-13(15)16-7-12(8)17-14(18)11-6-9-2-3-10(11)5-9/h2-4,7,9-11H,5-6H2,1H3,(H,17,18). The van der Waals surface area contributed by atoms with Gasteiger partial charge in [0.2, 0.25) is 5.91 Å². The van der Waals surface area contributed by atoms with Gasteiger partial charge in [-0.05, 0) is 43.2 Å². The third-order valence-electron chi connectivity index (χ3n) is 3.95. The molecule has 4 heteroatoms. The fourth-order valence-corrected chi connectivity index (χ4v) is 3.17. The lowest BCUT2D eigenvalue weighted by atomic mass is 9.93. The summed E-state index contributed by atoms with van der Waals surface area (Å²) in [5.41, 5.74) is 1.71. The minimum Gasteiger partial charge on any atom is -0.324 e. The summed E-state index contributed by atoms with van der Waals surface area (Å²) in [4.78, 5) is 16.2. The Kier molecular flexibility index (Phi) is 2.86. The smallest absolute Gasteiger partial charge is 0.228 e. The number of aromatic nitrogens is 1. The molecule has 3 nitrogen and oxygen atoms in total. The number of halogens is 1. The number of nitrogens with zero attached hydrogens (tertiary/aromatic N) is 1. The second-order valence-electron chi connectivity index (χ2n) is 5.20. The molecule has 3 unspecified atom stereocenters. The van der Waals surface area contributed by atoms with Crippen LogP contribution in [0.2, 0.25) is 5.15 Å². The van der Waals surface area contributed by atoms with Crippen molar-refractivity contribution in [3.05, 3.63) is 35.1 Å². The molecule has 1 amide bonds. The Morgan fingerprint density at radius 1 is 1.44 bits per heavy atom. The van der Waals surface area contributed by atoms with E-state index in [4.69, 9.17) is 11.6 Å². The van der Waals surface area contributed by atoms with Gasteiger partial charge in [0.05, 0.1) is 11.9 Å². The molecular weight excluding hydrogens is 248 g/mol. The van der Waals surface area contributed by atoms with Crippen LogP contribution in [0.25, 0.3) is 0 Å². The predicted molar refractivity (Wildman–Crippen MR) is 71.5 cm³/mol.